The molecule has 1 aliphatic rings. The van der Waals surface area contributed by atoms with E-state index in [4.69, 9.17) is 0 Å². The van der Waals surface area contributed by atoms with Crippen LogP contribution in [0.4, 0.5) is 4.39 Å². The Morgan fingerprint density at radius 1 is 1.36 bits per heavy atom. The monoisotopic (exact) mass is 153 g/mol. The number of aromatic nitrogens is 2. The van der Waals surface area contributed by atoms with E-state index in [-0.39, 0.29) is 5.82 Å². The summed E-state index contributed by atoms with van der Waals surface area (Å²) < 4.78 is 12.3. The Balaban J connectivity index is 2.18. The molecule has 2 rings (SSSR count). The second kappa shape index (κ2) is 2.54. The summed E-state index contributed by atoms with van der Waals surface area (Å²) in [6, 6.07) is 0. The molecule has 3 nitrogen and oxygen atoms in total. The van der Waals surface area contributed by atoms with Gasteiger partial charge in [0.05, 0.1) is 12.4 Å². The van der Waals surface area contributed by atoms with Gasteiger partial charge in [-0.2, -0.15) is 0 Å². The van der Waals surface area contributed by atoms with Crippen LogP contribution in [-0.4, -0.2) is 23.1 Å². The van der Waals surface area contributed by atoms with Crippen LogP contribution >= 0.6 is 0 Å². The topological polar surface area (TPSA) is 37.8 Å². The Morgan fingerprint density at radius 3 is 2.45 bits per heavy atom. The molecule has 4 heteroatoms. The van der Waals surface area contributed by atoms with Gasteiger partial charge < -0.3 is 5.32 Å². The predicted molar refractivity (Wildman–Crippen MR) is 37.6 cm³/mol. The molecule has 1 aromatic rings. The van der Waals surface area contributed by atoms with Crippen LogP contribution in [0, 0.1) is 5.82 Å². The van der Waals surface area contributed by atoms with E-state index in [9.17, 15) is 4.39 Å². The molecule has 1 aromatic heterocycles. The largest absolute Gasteiger partial charge is 0.315 e. The summed E-state index contributed by atoms with van der Waals surface area (Å²) in [5.74, 6) is 0.752. The normalized spacial score (nSPS) is 17.9. The van der Waals surface area contributed by atoms with E-state index < -0.39 is 0 Å². The van der Waals surface area contributed by atoms with Crippen molar-refractivity contribution in [3.63, 3.8) is 0 Å². The van der Waals surface area contributed by atoms with Crippen molar-refractivity contribution in [3.8, 4) is 0 Å². The molecule has 0 bridgehead atoms. The Hall–Kier alpha value is -1.03. The first-order valence-corrected chi connectivity index (χ1v) is 3.54. The van der Waals surface area contributed by atoms with Gasteiger partial charge in [0.25, 0.3) is 0 Å². The third kappa shape index (κ3) is 1.21. The van der Waals surface area contributed by atoms with E-state index in [2.05, 4.69) is 15.3 Å². The lowest BCUT2D eigenvalue weighted by Gasteiger charge is -2.25. The molecule has 1 aliphatic heterocycles. The zero-order valence-corrected chi connectivity index (χ0v) is 5.92. The van der Waals surface area contributed by atoms with E-state index >= 15 is 0 Å². The fourth-order valence-corrected chi connectivity index (χ4v) is 1.00. The summed E-state index contributed by atoms with van der Waals surface area (Å²) in [5.41, 5.74) is 0. The van der Waals surface area contributed by atoms with Gasteiger partial charge in [-0.3, -0.25) is 0 Å². The van der Waals surface area contributed by atoms with Gasteiger partial charge in [-0.1, -0.05) is 0 Å². The highest BCUT2D eigenvalue weighted by molar-refractivity contribution is 5.03. The van der Waals surface area contributed by atoms with Crippen molar-refractivity contribution in [2.75, 3.05) is 13.1 Å². The molecule has 0 unspecified atom stereocenters. The Bertz CT molecular complexity index is 242. The van der Waals surface area contributed by atoms with E-state index in [0.29, 0.717) is 5.92 Å². The van der Waals surface area contributed by atoms with E-state index in [1.165, 1.54) is 12.4 Å². The van der Waals surface area contributed by atoms with E-state index in [0.717, 1.165) is 18.9 Å². The molecule has 0 spiro atoms. The maximum Gasteiger partial charge on any atom is 0.159 e. The smallest absolute Gasteiger partial charge is 0.159 e. The number of hydrogen-bond donors (Lipinski definition) is 1. The maximum atomic E-state index is 12.3. The maximum absolute atomic E-state index is 12.3. The third-order valence-corrected chi connectivity index (χ3v) is 1.79. The molecule has 1 N–H and O–H groups in total. The molecular formula is C7H8FN3. The summed E-state index contributed by atoms with van der Waals surface area (Å²) >= 11 is 0. The fraction of sp³-hybridized carbons (Fsp3) is 0.429. The van der Waals surface area contributed by atoms with Gasteiger partial charge in [0.2, 0.25) is 0 Å². The van der Waals surface area contributed by atoms with Crippen LogP contribution in [0.15, 0.2) is 12.4 Å². The Kier molecular flexibility index (Phi) is 1.54. The molecule has 2 heterocycles. The van der Waals surface area contributed by atoms with Gasteiger partial charge in [0.1, 0.15) is 5.82 Å². The number of nitrogens with zero attached hydrogens (tertiary/aromatic N) is 2. The summed E-state index contributed by atoms with van der Waals surface area (Å²) in [7, 11) is 0. The molecule has 0 aromatic carbocycles. The summed E-state index contributed by atoms with van der Waals surface area (Å²) in [5, 5.41) is 3.10. The molecule has 0 aliphatic carbocycles. The summed E-state index contributed by atoms with van der Waals surface area (Å²) in [6.45, 7) is 1.82. The standard InChI is InChI=1S/C7H8FN3/c8-6-3-10-7(11-4-6)5-1-9-2-5/h3-5,9H,1-2H2. The third-order valence-electron chi connectivity index (χ3n) is 1.79. The molecule has 1 saturated heterocycles. The van der Waals surface area contributed by atoms with Crippen LogP contribution in [0.1, 0.15) is 11.7 Å². The van der Waals surface area contributed by atoms with Crippen LogP contribution in [-0.2, 0) is 0 Å². The number of rotatable bonds is 1. The number of nitrogens with one attached hydrogen (secondary N) is 1. The lowest BCUT2D eigenvalue weighted by molar-refractivity contribution is 0.427. The number of halogens is 1. The molecule has 0 saturated carbocycles. The molecular weight excluding hydrogens is 145 g/mol. The lowest BCUT2D eigenvalue weighted by atomic mass is 10.0. The van der Waals surface area contributed by atoms with Crippen molar-refractivity contribution in [2.24, 2.45) is 0 Å². The number of hydrogen-bond acceptors (Lipinski definition) is 3. The van der Waals surface area contributed by atoms with Gasteiger partial charge >= 0.3 is 0 Å². The first-order valence-electron chi connectivity index (χ1n) is 3.54. The highest BCUT2D eigenvalue weighted by Gasteiger charge is 2.20. The second-order valence-corrected chi connectivity index (χ2v) is 2.61. The highest BCUT2D eigenvalue weighted by atomic mass is 19.1. The first-order chi connectivity index (χ1) is 5.36. The van der Waals surface area contributed by atoms with Crippen LogP contribution < -0.4 is 5.32 Å². The van der Waals surface area contributed by atoms with Gasteiger partial charge in [-0.25, -0.2) is 14.4 Å². The van der Waals surface area contributed by atoms with E-state index in [1.807, 2.05) is 0 Å². The van der Waals surface area contributed by atoms with Gasteiger partial charge in [-0.15, -0.1) is 0 Å². The van der Waals surface area contributed by atoms with E-state index in [1.54, 1.807) is 0 Å². The van der Waals surface area contributed by atoms with Crippen molar-refractivity contribution in [3.05, 3.63) is 24.0 Å². The second-order valence-electron chi connectivity index (χ2n) is 2.61. The van der Waals surface area contributed by atoms with Gasteiger partial charge in [-0.05, 0) is 0 Å². The molecule has 0 radical (unpaired) electrons. The molecule has 0 atom stereocenters. The zero-order valence-electron chi connectivity index (χ0n) is 5.92. The van der Waals surface area contributed by atoms with Crippen LogP contribution in [0.25, 0.3) is 0 Å². The SMILES string of the molecule is Fc1cnc(C2CNC2)nc1. The fourth-order valence-electron chi connectivity index (χ4n) is 1.00. The van der Waals surface area contributed by atoms with Crippen LogP contribution in [0.2, 0.25) is 0 Å². The van der Waals surface area contributed by atoms with Crippen molar-refractivity contribution in [2.45, 2.75) is 5.92 Å². The minimum absolute atomic E-state index is 0.374. The molecule has 1 fully saturated rings. The quantitative estimate of drug-likeness (QED) is 0.630. The molecule has 0 amide bonds. The lowest BCUT2D eigenvalue weighted by Crippen LogP contribution is -2.40. The minimum atomic E-state index is -0.374. The predicted octanol–water partition coefficient (Wildman–Crippen LogP) is 0.302. The van der Waals surface area contributed by atoms with Crippen LogP contribution in [0.5, 0.6) is 0 Å². The van der Waals surface area contributed by atoms with Gasteiger partial charge in [0, 0.05) is 19.0 Å². The molecule has 58 valence electrons. The van der Waals surface area contributed by atoms with Crippen molar-refractivity contribution >= 4 is 0 Å². The summed E-state index contributed by atoms with van der Waals surface area (Å²) in [4.78, 5) is 7.75. The van der Waals surface area contributed by atoms with Crippen molar-refractivity contribution in [1.82, 2.24) is 15.3 Å². The average Bonchev–Trinajstić information content (AvgIpc) is 1.90. The molecule has 11 heavy (non-hydrogen) atoms. The first kappa shape index (κ1) is 6.67. The van der Waals surface area contributed by atoms with Crippen LogP contribution in [0.3, 0.4) is 0 Å². The van der Waals surface area contributed by atoms with Crippen molar-refractivity contribution < 1.29 is 4.39 Å². The van der Waals surface area contributed by atoms with Crippen molar-refractivity contribution in [1.29, 1.82) is 0 Å². The Labute approximate surface area is 63.7 Å². The minimum Gasteiger partial charge on any atom is -0.315 e. The summed E-state index contributed by atoms with van der Waals surface area (Å²) in [6.07, 6.45) is 2.42. The van der Waals surface area contributed by atoms with Gasteiger partial charge in [0.15, 0.2) is 5.82 Å². The Morgan fingerprint density at radius 2 is 2.00 bits per heavy atom. The average molecular weight is 153 g/mol. The zero-order chi connectivity index (χ0) is 7.68. The highest BCUT2D eigenvalue weighted by Crippen LogP contribution is 2.14.